The number of amides is 3. The van der Waals surface area contributed by atoms with Crippen molar-refractivity contribution in [3.8, 4) is 11.3 Å². The van der Waals surface area contributed by atoms with Crippen molar-refractivity contribution in [3.05, 3.63) is 65.2 Å². The molecule has 10 nitrogen and oxygen atoms in total. The monoisotopic (exact) mass is 503 g/mol. The van der Waals surface area contributed by atoms with Crippen LogP contribution in [0.25, 0.3) is 11.3 Å². The van der Waals surface area contributed by atoms with Gasteiger partial charge >= 0.3 is 6.09 Å². The highest BCUT2D eigenvalue weighted by molar-refractivity contribution is 5.93. The molecule has 3 N–H and O–H groups in total. The zero-order chi connectivity index (χ0) is 25.8. The molecule has 192 valence electrons. The lowest BCUT2D eigenvalue weighted by Gasteiger charge is -2.16. The van der Waals surface area contributed by atoms with E-state index in [1.54, 1.807) is 4.90 Å². The van der Waals surface area contributed by atoms with Crippen molar-refractivity contribution in [2.75, 3.05) is 29.9 Å². The van der Waals surface area contributed by atoms with Crippen LogP contribution in [0, 0.1) is 0 Å². The van der Waals surface area contributed by atoms with Gasteiger partial charge in [0.1, 0.15) is 12.7 Å². The van der Waals surface area contributed by atoms with E-state index in [0.717, 1.165) is 52.9 Å². The number of fused-ring (bicyclic) bond motifs is 3. The standard InChI is InChI=1S/C27H29N5O5/c1-17(33)28-13-21-14-32(27(35)37-21)20-10-11-22-19(12-20)8-5-9-23-25(22)30-31-26(23)29-24(34)16-36-15-18-6-3-2-4-7-18/h2-4,6-7,10-12,21H,5,8-9,13-16H2,1H3,(H,28,33)(H2,29,30,31,34). The Hall–Kier alpha value is -4.18. The van der Waals surface area contributed by atoms with Crippen molar-refractivity contribution in [1.29, 1.82) is 0 Å². The van der Waals surface area contributed by atoms with Gasteiger partial charge in [-0.3, -0.25) is 19.6 Å². The second kappa shape index (κ2) is 10.8. The predicted octanol–water partition coefficient (Wildman–Crippen LogP) is 3.18. The number of hydrogen-bond donors (Lipinski definition) is 3. The van der Waals surface area contributed by atoms with E-state index in [1.807, 2.05) is 48.5 Å². The van der Waals surface area contributed by atoms with E-state index in [9.17, 15) is 14.4 Å². The van der Waals surface area contributed by atoms with Gasteiger partial charge in [-0.2, -0.15) is 5.10 Å². The molecule has 5 rings (SSSR count). The van der Waals surface area contributed by atoms with Gasteiger partial charge in [0, 0.05) is 23.7 Å². The van der Waals surface area contributed by atoms with Gasteiger partial charge in [0.05, 0.1) is 25.4 Å². The predicted molar refractivity (Wildman–Crippen MR) is 137 cm³/mol. The summed E-state index contributed by atoms with van der Waals surface area (Å²) < 4.78 is 11.0. The number of H-pyrrole nitrogens is 1. The third-order valence-corrected chi connectivity index (χ3v) is 6.47. The average molecular weight is 504 g/mol. The topological polar surface area (TPSA) is 126 Å². The molecule has 1 aliphatic carbocycles. The molecule has 2 aromatic carbocycles. The highest BCUT2D eigenvalue weighted by Crippen LogP contribution is 2.37. The fraction of sp³-hybridized carbons (Fsp3) is 0.333. The van der Waals surface area contributed by atoms with Gasteiger partial charge < -0.3 is 20.1 Å². The summed E-state index contributed by atoms with van der Waals surface area (Å²) in [6.07, 6.45) is 1.62. The van der Waals surface area contributed by atoms with Crippen LogP contribution in [0.1, 0.15) is 30.0 Å². The molecule has 0 spiro atoms. The van der Waals surface area contributed by atoms with Crippen LogP contribution in [0.3, 0.4) is 0 Å². The van der Waals surface area contributed by atoms with Gasteiger partial charge in [0.15, 0.2) is 5.82 Å². The number of aromatic nitrogens is 2. The molecule has 3 aromatic rings. The van der Waals surface area contributed by atoms with E-state index in [0.29, 0.717) is 19.0 Å². The normalized spacial score (nSPS) is 16.4. The Morgan fingerprint density at radius 1 is 1.19 bits per heavy atom. The molecule has 1 unspecified atom stereocenters. The number of carbonyl (C=O) groups is 3. The Balaban J connectivity index is 1.25. The van der Waals surface area contributed by atoms with Gasteiger partial charge in [-0.05, 0) is 42.5 Å². The van der Waals surface area contributed by atoms with Crippen LogP contribution in [0.4, 0.5) is 16.3 Å². The summed E-state index contributed by atoms with van der Waals surface area (Å²) in [6.45, 7) is 2.38. The molecule has 37 heavy (non-hydrogen) atoms. The van der Waals surface area contributed by atoms with Gasteiger partial charge in [-0.15, -0.1) is 0 Å². The van der Waals surface area contributed by atoms with Crippen LogP contribution >= 0.6 is 0 Å². The van der Waals surface area contributed by atoms with E-state index >= 15 is 0 Å². The molecule has 1 aliphatic heterocycles. The van der Waals surface area contributed by atoms with Crippen molar-refractivity contribution < 1.29 is 23.9 Å². The van der Waals surface area contributed by atoms with Crippen LogP contribution in [-0.4, -0.2) is 53.9 Å². The maximum Gasteiger partial charge on any atom is 0.414 e. The number of benzene rings is 2. The van der Waals surface area contributed by atoms with Gasteiger partial charge in [-0.1, -0.05) is 36.4 Å². The highest BCUT2D eigenvalue weighted by Gasteiger charge is 2.33. The Morgan fingerprint density at radius 3 is 2.84 bits per heavy atom. The zero-order valence-corrected chi connectivity index (χ0v) is 20.6. The van der Waals surface area contributed by atoms with Crippen LogP contribution in [0.5, 0.6) is 0 Å². The van der Waals surface area contributed by atoms with Crippen molar-refractivity contribution in [2.45, 2.75) is 38.9 Å². The number of anilines is 2. The number of aromatic amines is 1. The summed E-state index contributed by atoms with van der Waals surface area (Å²) in [7, 11) is 0. The van der Waals surface area contributed by atoms with Crippen LogP contribution < -0.4 is 15.5 Å². The number of nitrogens with zero attached hydrogens (tertiary/aromatic N) is 2. The molecule has 0 radical (unpaired) electrons. The first-order valence-corrected chi connectivity index (χ1v) is 12.3. The van der Waals surface area contributed by atoms with Crippen molar-refractivity contribution >= 4 is 29.4 Å². The van der Waals surface area contributed by atoms with Gasteiger partial charge in [0.25, 0.3) is 5.91 Å². The minimum absolute atomic E-state index is 0.0641. The number of hydrogen-bond acceptors (Lipinski definition) is 6. The number of aryl methyl sites for hydroxylation is 1. The second-order valence-corrected chi connectivity index (χ2v) is 9.20. The molecular formula is C27H29N5O5. The molecule has 1 aromatic heterocycles. The first-order valence-electron chi connectivity index (χ1n) is 12.3. The lowest BCUT2D eigenvalue weighted by Crippen LogP contribution is -2.33. The molecule has 2 aliphatic rings. The summed E-state index contributed by atoms with van der Waals surface area (Å²) >= 11 is 0. The molecule has 1 saturated heterocycles. The number of cyclic esters (lactones) is 1. The summed E-state index contributed by atoms with van der Waals surface area (Å²) in [6, 6.07) is 15.5. The molecule has 1 fully saturated rings. The van der Waals surface area contributed by atoms with E-state index < -0.39 is 12.2 Å². The number of rotatable bonds is 8. The lowest BCUT2D eigenvalue weighted by atomic mass is 10.0. The van der Waals surface area contributed by atoms with Gasteiger partial charge in [0.2, 0.25) is 5.91 Å². The molecule has 0 bridgehead atoms. The Labute approximate surface area is 214 Å². The SMILES string of the molecule is CC(=O)NCC1CN(c2ccc3c(c2)CCCc2c(NC(=O)COCc4ccccc4)n[nH]c2-3)C(=O)O1. The fourth-order valence-electron chi connectivity index (χ4n) is 4.69. The number of carbonyl (C=O) groups excluding carboxylic acids is 3. The molecule has 3 amide bonds. The Kier molecular flexibility index (Phi) is 7.18. The lowest BCUT2D eigenvalue weighted by molar-refractivity contribution is -0.121. The van der Waals surface area contributed by atoms with Crippen molar-refractivity contribution in [1.82, 2.24) is 15.5 Å². The highest BCUT2D eigenvalue weighted by atomic mass is 16.6. The summed E-state index contributed by atoms with van der Waals surface area (Å²) in [4.78, 5) is 37.7. The maximum atomic E-state index is 12.5. The number of nitrogens with one attached hydrogen (secondary N) is 3. The third-order valence-electron chi connectivity index (χ3n) is 6.47. The molecule has 1 atom stereocenters. The molecule has 0 saturated carbocycles. The second-order valence-electron chi connectivity index (χ2n) is 9.20. The van der Waals surface area contributed by atoms with Crippen molar-refractivity contribution in [3.63, 3.8) is 0 Å². The van der Waals surface area contributed by atoms with Crippen molar-refractivity contribution in [2.24, 2.45) is 0 Å². The quantitative estimate of drug-likeness (QED) is 0.434. The van der Waals surface area contributed by atoms with E-state index in [2.05, 4.69) is 20.8 Å². The first-order chi connectivity index (χ1) is 18.0. The van der Waals surface area contributed by atoms with E-state index in [1.165, 1.54) is 6.92 Å². The molecule has 2 heterocycles. The summed E-state index contributed by atoms with van der Waals surface area (Å²) in [5, 5.41) is 13.0. The minimum atomic E-state index is -0.425. The summed E-state index contributed by atoms with van der Waals surface area (Å²) in [5.74, 6) is 0.0979. The molecule has 10 heteroatoms. The Bertz CT molecular complexity index is 1310. The van der Waals surface area contributed by atoms with Crippen LogP contribution in [-0.2, 0) is 38.5 Å². The summed E-state index contributed by atoms with van der Waals surface area (Å²) in [5.41, 5.74) is 5.66. The van der Waals surface area contributed by atoms with Crippen LogP contribution in [0.15, 0.2) is 48.5 Å². The maximum absolute atomic E-state index is 12.5. The molecular weight excluding hydrogens is 474 g/mol. The van der Waals surface area contributed by atoms with E-state index in [4.69, 9.17) is 9.47 Å². The number of ether oxygens (including phenoxy) is 2. The van der Waals surface area contributed by atoms with Crippen LogP contribution in [0.2, 0.25) is 0 Å². The largest absolute Gasteiger partial charge is 0.442 e. The first kappa shape index (κ1) is 24.5. The van der Waals surface area contributed by atoms with Gasteiger partial charge in [-0.25, -0.2) is 4.79 Å². The minimum Gasteiger partial charge on any atom is -0.442 e. The van der Waals surface area contributed by atoms with E-state index in [-0.39, 0.29) is 25.0 Å². The Morgan fingerprint density at radius 2 is 2.03 bits per heavy atom. The fourth-order valence-corrected chi connectivity index (χ4v) is 4.69. The third kappa shape index (κ3) is 5.64. The average Bonchev–Trinajstić information content (AvgIpc) is 3.40. The zero-order valence-electron chi connectivity index (χ0n) is 20.6. The smallest absolute Gasteiger partial charge is 0.414 e.